The third-order valence-corrected chi connectivity index (χ3v) is 11.0. The van der Waals surface area contributed by atoms with Crippen LogP contribution in [0.3, 0.4) is 0 Å². The summed E-state index contributed by atoms with van der Waals surface area (Å²) in [4.78, 5) is 36.8. The van der Waals surface area contributed by atoms with Crippen LogP contribution >= 0.6 is 11.8 Å². The maximum absolute atomic E-state index is 13.3. The normalized spacial score (nSPS) is 40.7. The van der Waals surface area contributed by atoms with Crippen molar-refractivity contribution < 1.29 is 27.6 Å². The number of hydrogen-bond donors (Lipinski definition) is 1. The van der Waals surface area contributed by atoms with Gasteiger partial charge in [-0.1, -0.05) is 13.8 Å². The van der Waals surface area contributed by atoms with E-state index in [4.69, 9.17) is 0 Å². The molecule has 1 unspecified atom stereocenters. The Hall–Kier alpha value is -1.05. The monoisotopic (exact) mass is 487 g/mol. The number of nitrogens with one attached hydrogen (secondary N) is 1. The van der Waals surface area contributed by atoms with Crippen LogP contribution in [0.5, 0.6) is 0 Å². The topological polar surface area (TPSA) is 63.2 Å². The number of unbranched alkanes of at least 4 members (excludes halogenated alkanes) is 1. The minimum Gasteiger partial charge on any atom is -0.348 e. The molecule has 4 fully saturated rings. The van der Waals surface area contributed by atoms with Crippen LogP contribution in [0.15, 0.2) is 0 Å². The Morgan fingerprint density at radius 3 is 2.58 bits per heavy atom. The third kappa shape index (κ3) is 4.62. The van der Waals surface area contributed by atoms with Gasteiger partial charge in [0, 0.05) is 36.0 Å². The number of fused-ring (bicyclic) bond motifs is 5. The van der Waals surface area contributed by atoms with E-state index in [1.54, 1.807) is 0 Å². The molecule has 0 aliphatic heterocycles. The van der Waals surface area contributed by atoms with Gasteiger partial charge < -0.3 is 5.32 Å². The first-order valence-corrected chi connectivity index (χ1v) is 13.5. The minimum absolute atomic E-state index is 0.0336. The number of thioether (sulfide) groups is 1. The molecule has 0 bridgehead atoms. The van der Waals surface area contributed by atoms with E-state index < -0.39 is 12.1 Å². The van der Waals surface area contributed by atoms with E-state index in [1.165, 1.54) is 0 Å². The van der Waals surface area contributed by atoms with Crippen LogP contribution in [-0.4, -0.2) is 41.2 Å². The van der Waals surface area contributed by atoms with Gasteiger partial charge >= 0.3 is 12.1 Å². The van der Waals surface area contributed by atoms with Crippen molar-refractivity contribution in [2.75, 3.05) is 12.3 Å². The van der Waals surface area contributed by atoms with Gasteiger partial charge in [0.2, 0.25) is 0 Å². The highest BCUT2D eigenvalue weighted by molar-refractivity contribution is 7.99. The first kappa shape index (κ1) is 25.1. The molecule has 0 aromatic rings. The van der Waals surface area contributed by atoms with Gasteiger partial charge in [0.15, 0.2) is 0 Å². The first-order chi connectivity index (χ1) is 15.5. The summed E-state index contributed by atoms with van der Waals surface area (Å²) in [6.45, 7) is 4.51. The molecular formula is C25H36F3NO3S. The second kappa shape index (κ2) is 9.19. The fraction of sp³-hybridized carbons (Fsp3) is 0.880. The van der Waals surface area contributed by atoms with E-state index in [0.717, 1.165) is 50.7 Å². The Labute approximate surface area is 198 Å². The first-order valence-electron chi connectivity index (χ1n) is 12.5. The quantitative estimate of drug-likeness (QED) is 0.514. The molecule has 0 saturated heterocycles. The van der Waals surface area contributed by atoms with E-state index in [9.17, 15) is 27.6 Å². The molecule has 4 nitrogen and oxygen atoms in total. The van der Waals surface area contributed by atoms with Crippen molar-refractivity contribution in [1.29, 1.82) is 0 Å². The lowest BCUT2D eigenvalue weighted by atomic mass is 9.45. The molecule has 186 valence electrons. The molecule has 4 aliphatic rings. The summed E-state index contributed by atoms with van der Waals surface area (Å²) in [6, 6.07) is 0. The number of amides is 1. The smallest absolute Gasteiger partial charge is 0.348 e. The molecular weight excluding hydrogens is 451 g/mol. The number of halogens is 3. The standard InChI is InChI=1S/C25H36F3NO3S/c1-23-9-7-15(33-12-4-3-11-29-22(32)25(26,27)28)13-19(23)20(30)14-16-17-5-6-21(31)24(17,2)10-8-18(16)23/h15-19H,3-14H2,1-2H3,(H,29,32)/t15-,16-,17-,18-,19?,23+,24-/m0/s1. The summed E-state index contributed by atoms with van der Waals surface area (Å²) in [5.74, 6) is 1.12. The zero-order valence-corrected chi connectivity index (χ0v) is 20.5. The summed E-state index contributed by atoms with van der Waals surface area (Å²) in [7, 11) is 0. The molecule has 1 N–H and O–H groups in total. The number of rotatable bonds is 6. The molecule has 7 atom stereocenters. The van der Waals surface area contributed by atoms with Gasteiger partial charge in [0.25, 0.3) is 0 Å². The Bertz CT molecular complexity index is 802. The van der Waals surface area contributed by atoms with Gasteiger partial charge in [-0.25, -0.2) is 0 Å². The van der Waals surface area contributed by atoms with Gasteiger partial charge in [0.1, 0.15) is 11.6 Å². The number of carbonyl (C=O) groups excluding carboxylic acids is 3. The Balaban J connectivity index is 1.28. The average Bonchev–Trinajstić information content (AvgIpc) is 3.05. The molecule has 0 aromatic heterocycles. The summed E-state index contributed by atoms with van der Waals surface area (Å²) >= 11 is 1.83. The van der Waals surface area contributed by atoms with Crippen molar-refractivity contribution in [3.05, 3.63) is 0 Å². The minimum atomic E-state index is -4.82. The lowest BCUT2D eigenvalue weighted by Crippen LogP contribution is -2.56. The zero-order chi connectivity index (χ0) is 24.0. The Morgan fingerprint density at radius 2 is 1.85 bits per heavy atom. The number of ketones is 2. The molecule has 0 spiro atoms. The van der Waals surface area contributed by atoms with Crippen LogP contribution in [0.1, 0.15) is 78.1 Å². The van der Waals surface area contributed by atoms with Gasteiger partial charge in [-0.2, -0.15) is 24.9 Å². The lowest BCUT2D eigenvalue weighted by molar-refractivity contribution is -0.173. The summed E-state index contributed by atoms with van der Waals surface area (Å²) < 4.78 is 36.6. The van der Waals surface area contributed by atoms with Crippen molar-refractivity contribution in [1.82, 2.24) is 5.32 Å². The third-order valence-electron chi connectivity index (χ3n) is 9.59. The van der Waals surface area contributed by atoms with Crippen molar-refractivity contribution in [2.24, 2.45) is 34.5 Å². The van der Waals surface area contributed by atoms with Crippen molar-refractivity contribution in [3.8, 4) is 0 Å². The zero-order valence-electron chi connectivity index (χ0n) is 19.6. The van der Waals surface area contributed by atoms with Crippen molar-refractivity contribution in [3.63, 3.8) is 0 Å². The van der Waals surface area contributed by atoms with Crippen LogP contribution < -0.4 is 5.32 Å². The van der Waals surface area contributed by atoms with Gasteiger partial charge in [-0.15, -0.1) is 0 Å². The predicted octanol–water partition coefficient (Wildman–Crippen LogP) is 5.34. The van der Waals surface area contributed by atoms with E-state index >= 15 is 0 Å². The Kier molecular flexibility index (Phi) is 6.98. The van der Waals surface area contributed by atoms with Gasteiger partial charge in [0.05, 0.1) is 0 Å². The summed E-state index contributed by atoms with van der Waals surface area (Å²) in [6.07, 6.45) is 3.74. The van der Waals surface area contributed by atoms with E-state index in [-0.39, 0.29) is 23.3 Å². The fourth-order valence-corrected chi connectivity index (χ4v) is 9.02. The summed E-state index contributed by atoms with van der Waals surface area (Å²) in [5.41, 5.74) is -0.177. The average molecular weight is 488 g/mol. The second-order valence-electron chi connectivity index (χ2n) is 11.3. The highest BCUT2D eigenvalue weighted by Crippen LogP contribution is 2.65. The molecule has 0 aromatic carbocycles. The molecule has 0 heterocycles. The van der Waals surface area contributed by atoms with Crippen LogP contribution in [0.25, 0.3) is 0 Å². The van der Waals surface area contributed by atoms with Gasteiger partial charge in [-0.05, 0) is 80.3 Å². The molecule has 0 radical (unpaired) electrons. The SMILES string of the molecule is C[C@]12CC[C@H](SCCCCNC(=O)C(F)(F)F)CC1C(=O)C[C@@H]1[C@@H]2CC[C@]2(C)C(=O)CC[C@@H]12. The maximum atomic E-state index is 13.3. The lowest BCUT2D eigenvalue weighted by Gasteiger charge is -2.59. The number of carbonyl (C=O) groups is 3. The second-order valence-corrected chi connectivity index (χ2v) is 12.7. The van der Waals surface area contributed by atoms with Crippen LogP contribution in [-0.2, 0) is 14.4 Å². The molecule has 4 saturated carbocycles. The molecule has 1 amide bonds. The predicted molar refractivity (Wildman–Crippen MR) is 122 cm³/mol. The summed E-state index contributed by atoms with van der Waals surface area (Å²) in [5, 5.41) is 2.33. The van der Waals surface area contributed by atoms with Crippen LogP contribution in [0.2, 0.25) is 0 Å². The van der Waals surface area contributed by atoms with Gasteiger partial charge in [-0.3, -0.25) is 14.4 Å². The molecule has 4 aliphatic carbocycles. The molecule has 4 rings (SSSR count). The number of hydrogen-bond acceptors (Lipinski definition) is 4. The van der Waals surface area contributed by atoms with Crippen molar-refractivity contribution >= 4 is 29.2 Å². The molecule has 33 heavy (non-hydrogen) atoms. The van der Waals surface area contributed by atoms with Crippen LogP contribution in [0, 0.1) is 34.5 Å². The van der Waals surface area contributed by atoms with Crippen molar-refractivity contribution in [2.45, 2.75) is 89.5 Å². The van der Waals surface area contributed by atoms with Crippen LogP contribution in [0.4, 0.5) is 13.2 Å². The number of Topliss-reactive ketones (excluding diaryl/α,β-unsaturated/α-hetero) is 2. The largest absolute Gasteiger partial charge is 0.471 e. The highest BCUT2D eigenvalue weighted by atomic mass is 32.2. The fourth-order valence-electron chi connectivity index (χ4n) is 7.71. The molecule has 8 heteroatoms. The van der Waals surface area contributed by atoms with E-state index in [1.807, 2.05) is 17.1 Å². The van der Waals surface area contributed by atoms with E-state index in [0.29, 0.717) is 53.8 Å². The maximum Gasteiger partial charge on any atom is 0.471 e. The Morgan fingerprint density at radius 1 is 1.09 bits per heavy atom. The number of alkyl halides is 3. The highest BCUT2D eigenvalue weighted by Gasteiger charge is 2.62. The van der Waals surface area contributed by atoms with E-state index in [2.05, 4.69) is 13.8 Å².